The van der Waals surface area contributed by atoms with Crippen LogP contribution in [0.1, 0.15) is 48.7 Å². The molecule has 0 spiro atoms. The SMILES string of the molecule is CC(C)CC(=O)c1ccc(CN2CCN(C)[C@@H](C)C2)c(C(F)(F)F)c1. The van der Waals surface area contributed by atoms with Crippen LogP contribution < -0.4 is 0 Å². The van der Waals surface area contributed by atoms with Crippen molar-refractivity contribution in [1.82, 2.24) is 9.80 Å². The van der Waals surface area contributed by atoms with E-state index in [-0.39, 0.29) is 35.8 Å². The third kappa shape index (κ3) is 5.28. The molecule has 0 bridgehead atoms. The van der Waals surface area contributed by atoms with Crippen LogP contribution >= 0.6 is 0 Å². The summed E-state index contributed by atoms with van der Waals surface area (Å²) in [7, 11) is 2.03. The van der Waals surface area contributed by atoms with Crippen LogP contribution in [0.3, 0.4) is 0 Å². The lowest BCUT2D eigenvalue weighted by molar-refractivity contribution is -0.138. The first-order chi connectivity index (χ1) is 11.6. The Morgan fingerprint density at radius 1 is 1.28 bits per heavy atom. The summed E-state index contributed by atoms with van der Waals surface area (Å²) in [4.78, 5) is 16.4. The fourth-order valence-electron chi connectivity index (χ4n) is 3.15. The highest BCUT2D eigenvalue weighted by Crippen LogP contribution is 2.34. The highest BCUT2D eigenvalue weighted by Gasteiger charge is 2.35. The van der Waals surface area contributed by atoms with Crippen molar-refractivity contribution in [3.05, 3.63) is 34.9 Å². The second kappa shape index (κ2) is 7.87. The Kier molecular flexibility index (Phi) is 6.27. The number of ketones is 1. The lowest BCUT2D eigenvalue weighted by Gasteiger charge is -2.38. The standard InChI is InChI=1S/C19H27F3N2O/c1-13(2)9-18(25)15-5-6-16(17(10-15)19(20,21)22)12-24-8-7-23(4)14(3)11-24/h5-6,10,13-14H,7-9,11-12H2,1-4H3/t14-/m0/s1. The highest BCUT2D eigenvalue weighted by molar-refractivity contribution is 5.96. The van der Waals surface area contributed by atoms with Gasteiger partial charge >= 0.3 is 6.18 Å². The third-order valence-electron chi connectivity index (χ3n) is 4.77. The fraction of sp³-hybridized carbons (Fsp3) is 0.632. The molecule has 0 N–H and O–H groups in total. The predicted octanol–water partition coefficient (Wildman–Crippen LogP) is 4.07. The van der Waals surface area contributed by atoms with E-state index in [2.05, 4.69) is 11.8 Å². The van der Waals surface area contributed by atoms with E-state index in [1.54, 1.807) is 0 Å². The van der Waals surface area contributed by atoms with Crippen molar-refractivity contribution >= 4 is 5.78 Å². The van der Waals surface area contributed by atoms with Gasteiger partial charge in [-0.1, -0.05) is 26.0 Å². The Balaban J connectivity index is 2.24. The van der Waals surface area contributed by atoms with Gasteiger partial charge in [-0.05, 0) is 31.5 Å². The maximum atomic E-state index is 13.5. The van der Waals surface area contributed by atoms with E-state index in [1.807, 2.05) is 25.8 Å². The first-order valence-corrected chi connectivity index (χ1v) is 8.74. The Morgan fingerprint density at radius 3 is 2.52 bits per heavy atom. The average molecular weight is 356 g/mol. The molecule has 0 aromatic heterocycles. The average Bonchev–Trinajstić information content (AvgIpc) is 2.49. The molecule has 0 aliphatic carbocycles. The number of benzene rings is 1. The molecule has 25 heavy (non-hydrogen) atoms. The van der Waals surface area contributed by atoms with E-state index in [0.29, 0.717) is 6.04 Å². The summed E-state index contributed by atoms with van der Waals surface area (Å²) < 4.78 is 40.5. The topological polar surface area (TPSA) is 23.6 Å². The fourth-order valence-corrected chi connectivity index (χ4v) is 3.15. The number of nitrogens with zero attached hydrogens (tertiary/aromatic N) is 2. The summed E-state index contributed by atoms with van der Waals surface area (Å²) in [6, 6.07) is 4.35. The summed E-state index contributed by atoms with van der Waals surface area (Å²) in [5.74, 6) is -0.117. The molecule has 0 unspecified atom stereocenters. The minimum Gasteiger partial charge on any atom is -0.301 e. The quantitative estimate of drug-likeness (QED) is 0.743. The summed E-state index contributed by atoms with van der Waals surface area (Å²) in [6.07, 6.45) is -4.20. The van der Waals surface area contributed by atoms with Crippen molar-refractivity contribution in [2.24, 2.45) is 5.92 Å². The van der Waals surface area contributed by atoms with E-state index in [1.165, 1.54) is 12.1 Å². The molecule has 0 radical (unpaired) electrons. The van der Waals surface area contributed by atoms with Gasteiger partial charge in [0.15, 0.2) is 5.78 Å². The number of hydrogen-bond donors (Lipinski definition) is 0. The number of rotatable bonds is 5. The largest absolute Gasteiger partial charge is 0.416 e. The van der Waals surface area contributed by atoms with Crippen molar-refractivity contribution in [1.29, 1.82) is 0 Å². The van der Waals surface area contributed by atoms with Crippen LogP contribution in [0, 0.1) is 5.92 Å². The van der Waals surface area contributed by atoms with Crippen molar-refractivity contribution in [3.8, 4) is 0 Å². The van der Waals surface area contributed by atoms with Crippen LogP contribution in [-0.2, 0) is 12.7 Å². The molecule has 1 atom stereocenters. The Bertz CT molecular complexity index is 613. The van der Waals surface area contributed by atoms with E-state index in [0.717, 1.165) is 25.7 Å². The summed E-state index contributed by atoms with van der Waals surface area (Å²) in [5, 5.41) is 0. The van der Waals surface area contributed by atoms with Crippen LogP contribution in [0.15, 0.2) is 18.2 Å². The van der Waals surface area contributed by atoms with Gasteiger partial charge in [0.25, 0.3) is 0 Å². The van der Waals surface area contributed by atoms with E-state index < -0.39 is 11.7 Å². The molecule has 2 rings (SSSR count). The smallest absolute Gasteiger partial charge is 0.301 e. The van der Waals surface area contributed by atoms with Gasteiger partial charge < -0.3 is 4.90 Å². The molecule has 1 aromatic rings. The number of hydrogen-bond acceptors (Lipinski definition) is 3. The van der Waals surface area contributed by atoms with E-state index >= 15 is 0 Å². The number of halogens is 3. The van der Waals surface area contributed by atoms with Crippen LogP contribution in [0.5, 0.6) is 0 Å². The number of likely N-dealkylation sites (N-methyl/N-ethyl adjacent to an activating group) is 1. The Labute approximate surface area is 147 Å². The molecule has 6 heteroatoms. The third-order valence-corrected chi connectivity index (χ3v) is 4.77. The lowest BCUT2D eigenvalue weighted by atomic mass is 9.96. The minimum absolute atomic E-state index is 0.119. The van der Waals surface area contributed by atoms with Crippen LogP contribution in [0.4, 0.5) is 13.2 Å². The molecule has 0 amide bonds. The zero-order chi connectivity index (χ0) is 18.8. The summed E-state index contributed by atoms with van der Waals surface area (Å²) >= 11 is 0. The second-order valence-corrected chi connectivity index (χ2v) is 7.46. The van der Waals surface area contributed by atoms with E-state index in [9.17, 15) is 18.0 Å². The normalized spacial score (nSPS) is 20.2. The first kappa shape index (κ1) is 19.9. The first-order valence-electron chi connectivity index (χ1n) is 8.74. The number of carbonyl (C=O) groups excluding carboxylic acids is 1. The van der Waals surface area contributed by atoms with Gasteiger partial charge in [-0.3, -0.25) is 9.69 Å². The highest BCUT2D eigenvalue weighted by atomic mass is 19.4. The molecule has 0 saturated carbocycles. The molecular weight excluding hydrogens is 329 g/mol. The van der Waals surface area contributed by atoms with Gasteiger partial charge in [0, 0.05) is 44.2 Å². The molecular formula is C19H27F3N2O. The van der Waals surface area contributed by atoms with Crippen LogP contribution in [-0.4, -0.2) is 48.3 Å². The van der Waals surface area contributed by atoms with Crippen molar-refractivity contribution in [2.75, 3.05) is 26.7 Å². The molecule has 3 nitrogen and oxygen atoms in total. The number of piperazine rings is 1. The summed E-state index contributed by atoms with van der Waals surface area (Å²) in [5.41, 5.74) is -0.296. The Morgan fingerprint density at radius 2 is 1.96 bits per heavy atom. The monoisotopic (exact) mass is 356 g/mol. The van der Waals surface area contributed by atoms with Crippen molar-refractivity contribution in [2.45, 2.75) is 46.0 Å². The van der Waals surface area contributed by atoms with Gasteiger partial charge in [0.05, 0.1) is 5.56 Å². The van der Waals surface area contributed by atoms with Gasteiger partial charge in [-0.15, -0.1) is 0 Å². The van der Waals surface area contributed by atoms with Crippen molar-refractivity contribution < 1.29 is 18.0 Å². The van der Waals surface area contributed by atoms with Gasteiger partial charge in [-0.2, -0.15) is 13.2 Å². The van der Waals surface area contributed by atoms with E-state index in [4.69, 9.17) is 0 Å². The molecule has 1 aliphatic heterocycles. The molecule has 140 valence electrons. The van der Waals surface area contributed by atoms with Gasteiger partial charge in [0.1, 0.15) is 0 Å². The number of Topliss-reactive ketones (excluding diaryl/α,β-unsaturated/α-hetero) is 1. The lowest BCUT2D eigenvalue weighted by Crippen LogP contribution is -2.49. The molecule has 1 saturated heterocycles. The predicted molar refractivity (Wildman–Crippen MR) is 92.6 cm³/mol. The number of alkyl halides is 3. The molecule has 1 heterocycles. The molecule has 1 aliphatic rings. The minimum atomic E-state index is -4.46. The molecule has 1 aromatic carbocycles. The Hall–Kier alpha value is -1.40. The van der Waals surface area contributed by atoms with Crippen LogP contribution in [0.2, 0.25) is 0 Å². The van der Waals surface area contributed by atoms with Crippen molar-refractivity contribution in [3.63, 3.8) is 0 Å². The summed E-state index contributed by atoms with van der Waals surface area (Å²) in [6.45, 7) is 8.41. The zero-order valence-electron chi connectivity index (χ0n) is 15.4. The van der Waals surface area contributed by atoms with Gasteiger partial charge in [-0.25, -0.2) is 0 Å². The maximum Gasteiger partial charge on any atom is 0.416 e. The van der Waals surface area contributed by atoms with Crippen LogP contribution in [0.25, 0.3) is 0 Å². The number of carbonyl (C=O) groups is 1. The molecule has 1 fully saturated rings. The van der Waals surface area contributed by atoms with Gasteiger partial charge in [0.2, 0.25) is 0 Å². The maximum absolute atomic E-state index is 13.5. The zero-order valence-corrected chi connectivity index (χ0v) is 15.4. The second-order valence-electron chi connectivity index (χ2n) is 7.46.